The number of aromatic nitrogens is 1. The number of hydrogen-bond acceptors (Lipinski definition) is 4. The molecule has 0 fully saturated rings. The number of nitrogens with two attached hydrogens (primary N) is 1. The Morgan fingerprint density at radius 1 is 1.89 bits per heavy atom. The summed E-state index contributed by atoms with van der Waals surface area (Å²) in [5, 5.41) is 6.55. The Kier molecular flexibility index (Phi) is 1.69. The van der Waals surface area contributed by atoms with Crippen LogP contribution in [-0.2, 0) is 6.54 Å². The van der Waals surface area contributed by atoms with Gasteiger partial charge in [-0.2, -0.15) is 0 Å². The minimum Gasteiger partial charge on any atom is -0.395 e. The molecule has 4 heteroatoms. The van der Waals surface area contributed by atoms with Gasteiger partial charge in [0.1, 0.15) is 12.0 Å². The van der Waals surface area contributed by atoms with Crippen molar-refractivity contribution in [3.05, 3.63) is 12.0 Å². The zero-order valence-corrected chi connectivity index (χ0v) is 5.22. The standard InChI is InChI=1S/C5H9N3O/c1-7-2-5-4(6)3-9-8-5/h3,7H,2,6H2,1H3. The lowest BCUT2D eigenvalue weighted by Crippen LogP contribution is -2.06. The van der Waals surface area contributed by atoms with E-state index in [1.807, 2.05) is 7.05 Å². The Morgan fingerprint density at radius 2 is 2.67 bits per heavy atom. The zero-order valence-electron chi connectivity index (χ0n) is 5.22. The van der Waals surface area contributed by atoms with Crippen LogP contribution in [0.5, 0.6) is 0 Å². The molecule has 0 atom stereocenters. The lowest BCUT2D eigenvalue weighted by molar-refractivity contribution is 0.410. The van der Waals surface area contributed by atoms with E-state index in [0.717, 1.165) is 5.69 Å². The molecular formula is C5H9N3O. The van der Waals surface area contributed by atoms with Crippen LogP contribution in [0.1, 0.15) is 5.69 Å². The van der Waals surface area contributed by atoms with Crippen LogP contribution in [0.15, 0.2) is 10.8 Å². The summed E-state index contributed by atoms with van der Waals surface area (Å²) >= 11 is 0. The van der Waals surface area contributed by atoms with E-state index in [4.69, 9.17) is 5.73 Å². The largest absolute Gasteiger partial charge is 0.395 e. The Bertz CT molecular complexity index is 184. The molecule has 0 saturated heterocycles. The quantitative estimate of drug-likeness (QED) is 0.585. The molecule has 9 heavy (non-hydrogen) atoms. The van der Waals surface area contributed by atoms with E-state index in [9.17, 15) is 0 Å². The number of nitrogen functional groups attached to an aromatic ring is 1. The fraction of sp³-hybridized carbons (Fsp3) is 0.400. The van der Waals surface area contributed by atoms with Gasteiger partial charge in [-0.3, -0.25) is 0 Å². The number of anilines is 1. The van der Waals surface area contributed by atoms with Crippen molar-refractivity contribution < 1.29 is 4.52 Å². The topological polar surface area (TPSA) is 64.1 Å². The number of rotatable bonds is 2. The van der Waals surface area contributed by atoms with Gasteiger partial charge >= 0.3 is 0 Å². The van der Waals surface area contributed by atoms with Crippen molar-refractivity contribution in [1.82, 2.24) is 10.5 Å². The molecule has 1 rings (SSSR count). The van der Waals surface area contributed by atoms with Gasteiger partial charge in [0.05, 0.1) is 5.69 Å². The highest BCUT2D eigenvalue weighted by Gasteiger charge is 1.99. The van der Waals surface area contributed by atoms with Crippen LogP contribution >= 0.6 is 0 Å². The summed E-state index contributed by atoms with van der Waals surface area (Å²) in [5.74, 6) is 0. The molecule has 0 unspecified atom stereocenters. The molecule has 1 aromatic heterocycles. The van der Waals surface area contributed by atoms with Crippen molar-refractivity contribution in [1.29, 1.82) is 0 Å². The first-order valence-corrected chi connectivity index (χ1v) is 2.68. The lowest BCUT2D eigenvalue weighted by Gasteiger charge is -1.91. The van der Waals surface area contributed by atoms with Crippen LogP contribution in [0.4, 0.5) is 5.69 Å². The molecule has 0 radical (unpaired) electrons. The molecule has 50 valence electrons. The maximum absolute atomic E-state index is 5.43. The third kappa shape index (κ3) is 1.20. The summed E-state index contributed by atoms with van der Waals surface area (Å²) in [7, 11) is 1.83. The van der Waals surface area contributed by atoms with Gasteiger partial charge in [-0.15, -0.1) is 0 Å². The molecule has 0 spiro atoms. The highest BCUT2D eigenvalue weighted by atomic mass is 16.5. The van der Waals surface area contributed by atoms with Crippen LogP contribution in [0.25, 0.3) is 0 Å². The van der Waals surface area contributed by atoms with Crippen molar-refractivity contribution in [3.8, 4) is 0 Å². The monoisotopic (exact) mass is 127 g/mol. The van der Waals surface area contributed by atoms with Gasteiger partial charge in [0.15, 0.2) is 0 Å². The van der Waals surface area contributed by atoms with Crippen molar-refractivity contribution >= 4 is 5.69 Å². The van der Waals surface area contributed by atoms with E-state index >= 15 is 0 Å². The normalized spacial score (nSPS) is 9.89. The lowest BCUT2D eigenvalue weighted by atomic mass is 10.4. The van der Waals surface area contributed by atoms with Crippen LogP contribution in [0.2, 0.25) is 0 Å². The van der Waals surface area contributed by atoms with Gasteiger partial charge in [0, 0.05) is 6.54 Å². The minimum absolute atomic E-state index is 0.601. The van der Waals surface area contributed by atoms with Crippen molar-refractivity contribution in [2.45, 2.75) is 6.54 Å². The van der Waals surface area contributed by atoms with E-state index in [-0.39, 0.29) is 0 Å². The second-order valence-electron chi connectivity index (χ2n) is 1.75. The van der Waals surface area contributed by atoms with Gasteiger partial charge in [-0.05, 0) is 7.05 Å². The first-order valence-electron chi connectivity index (χ1n) is 2.68. The van der Waals surface area contributed by atoms with E-state index in [1.165, 1.54) is 6.26 Å². The fourth-order valence-corrected chi connectivity index (χ4v) is 0.569. The summed E-state index contributed by atoms with van der Waals surface area (Å²) in [6, 6.07) is 0. The molecule has 3 N–H and O–H groups in total. The average molecular weight is 127 g/mol. The summed E-state index contributed by atoms with van der Waals surface area (Å²) in [4.78, 5) is 0. The van der Waals surface area contributed by atoms with Crippen LogP contribution in [0, 0.1) is 0 Å². The summed E-state index contributed by atoms with van der Waals surface area (Å²) in [5.41, 5.74) is 6.79. The molecule has 0 aromatic carbocycles. The van der Waals surface area contributed by atoms with Crippen molar-refractivity contribution in [2.75, 3.05) is 12.8 Å². The molecule has 0 bridgehead atoms. The Hall–Kier alpha value is -1.03. The fourth-order valence-electron chi connectivity index (χ4n) is 0.569. The number of nitrogens with zero attached hydrogens (tertiary/aromatic N) is 1. The predicted molar refractivity (Wildman–Crippen MR) is 33.7 cm³/mol. The second kappa shape index (κ2) is 2.50. The molecule has 0 aliphatic heterocycles. The van der Waals surface area contributed by atoms with Gasteiger partial charge in [0.2, 0.25) is 0 Å². The van der Waals surface area contributed by atoms with Gasteiger partial charge in [-0.1, -0.05) is 5.16 Å². The SMILES string of the molecule is CNCc1nocc1N. The third-order valence-corrected chi connectivity index (χ3v) is 1.02. The molecule has 0 saturated carbocycles. The molecule has 0 aliphatic rings. The van der Waals surface area contributed by atoms with Crippen molar-refractivity contribution in [2.24, 2.45) is 0 Å². The molecular weight excluding hydrogens is 118 g/mol. The molecule has 0 amide bonds. The Labute approximate surface area is 53.0 Å². The first-order chi connectivity index (χ1) is 4.34. The van der Waals surface area contributed by atoms with E-state index in [1.54, 1.807) is 0 Å². The summed E-state index contributed by atoms with van der Waals surface area (Å²) < 4.78 is 4.58. The Balaban J connectivity index is 2.69. The number of hydrogen-bond donors (Lipinski definition) is 2. The maximum Gasteiger partial charge on any atom is 0.147 e. The smallest absolute Gasteiger partial charge is 0.147 e. The Morgan fingerprint density at radius 3 is 3.11 bits per heavy atom. The average Bonchev–Trinajstić information content (AvgIpc) is 2.18. The zero-order chi connectivity index (χ0) is 6.69. The van der Waals surface area contributed by atoms with Gasteiger partial charge < -0.3 is 15.6 Å². The van der Waals surface area contributed by atoms with Crippen LogP contribution in [-0.4, -0.2) is 12.2 Å². The van der Waals surface area contributed by atoms with E-state index < -0.39 is 0 Å². The summed E-state index contributed by atoms with van der Waals surface area (Å²) in [6.45, 7) is 0.655. The van der Waals surface area contributed by atoms with Crippen LogP contribution < -0.4 is 11.1 Å². The first kappa shape index (κ1) is 6.10. The van der Waals surface area contributed by atoms with Crippen molar-refractivity contribution in [3.63, 3.8) is 0 Å². The van der Waals surface area contributed by atoms with Gasteiger partial charge in [0.25, 0.3) is 0 Å². The van der Waals surface area contributed by atoms with Crippen LogP contribution in [0.3, 0.4) is 0 Å². The molecule has 4 nitrogen and oxygen atoms in total. The maximum atomic E-state index is 5.43. The highest BCUT2D eigenvalue weighted by molar-refractivity contribution is 5.38. The third-order valence-electron chi connectivity index (χ3n) is 1.02. The highest BCUT2D eigenvalue weighted by Crippen LogP contribution is 2.06. The molecule has 1 heterocycles. The van der Waals surface area contributed by atoms with E-state index in [2.05, 4.69) is 15.0 Å². The molecule has 1 aromatic rings. The molecule has 0 aliphatic carbocycles. The number of nitrogens with one attached hydrogen (secondary N) is 1. The summed E-state index contributed by atoms with van der Waals surface area (Å²) in [6.07, 6.45) is 1.42. The van der Waals surface area contributed by atoms with Gasteiger partial charge in [-0.25, -0.2) is 0 Å². The predicted octanol–water partition coefficient (Wildman–Crippen LogP) is -0.0238. The second-order valence-corrected chi connectivity index (χ2v) is 1.75. The minimum atomic E-state index is 0.601. The van der Waals surface area contributed by atoms with E-state index in [0.29, 0.717) is 12.2 Å².